The summed E-state index contributed by atoms with van der Waals surface area (Å²) in [5.41, 5.74) is 3.57. The molecule has 0 unspecified atom stereocenters. The first-order valence-corrected chi connectivity index (χ1v) is 9.19. The van der Waals surface area contributed by atoms with E-state index in [4.69, 9.17) is 17.0 Å². The molecule has 4 nitrogen and oxygen atoms in total. The first-order valence-electron chi connectivity index (χ1n) is 7.62. The van der Waals surface area contributed by atoms with Gasteiger partial charge in [0, 0.05) is 5.75 Å². The van der Waals surface area contributed by atoms with Gasteiger partial charge >= 0.3 is 0 Å². The van der Waals surface area contributed by atoms with Crippen molar-refractivity contribution in [2.45, 2.75) is 18.4 Å². The molecule has 0 fully saturated rings. The van der Waals surface area contributed by atoms with Gasteiger partial charge in [0.25, 0.3) is 0 Å². The second kappa shape index (κ2) is 7.68. The topological polar surface area (TPSA) is 42.8 Å². The zero-order valence-electron chi connectivity index (χ0n) is 13.7. The van der Waals surface area contributed by atoms with Gasteiger partial charge in [0.2, 0.25) is 0 Å². The molecule has 0 saturated carbocycles. The largest absolute Gasteiger partial charge is 0.495 e. The van der Waals surface area contributed by atoms with Crippen LogP contribution in [0.1, 0.15) is 17.0 Å². The van der Waals surface area contributed by atoms with E-state index in [1.165, 1.54) is 11.1 Å². The molecule has 0 aliphatic heterocycles. The van der Waals surface area contributed by atoms with E-state index in [0.717, 1.165) is 28.8 Å². The molecule has 3 aromatic rings. The molecule has 0 atom stereocenters. The monoisotopic (exact) mass is 357 g/mol. The van der Waals surface area contributed by atoms with Crippen LogP contribution >= 0.6 is 24.0 Å². The van der Waals surface area contributed by atoms with Crippen molar-refractivity contribution in [2.24, 2.45) is 0 Å². The molecule has 0 radical (unpaired) electrons. The number of H-pyrrole nitrogens is 1. The van der Waals surface area contributed by atoms with Gasteiger partial charge < -0.3 is 4.74 Å². The average Bonchev–Trinajstić information content (AvgIpc) is 2.97. The number of nitrogens with one attached hydrogen (secondary N) is 1. The first-order chi connectivity index (χ1) is 11.7. The molecule has 0 bridgehead atoms. The third kappa shape index (κ3) is 3.55. The number of para-hydroxylation sites is 2. The number of hydrogen-bond acceptors (Lipinski definition) is 4. The Kier molecular flexibility index (Phi) is 5.37. The van der Waals surface area contributed by atoms with Crippen LogP contribution in [0.3, 0.4) is 0 Å². The lowest BCUT2D eigenvalue weighted by molar-refractivity contribution is 0.412. The maximum atomic E-state index is 5.45. The number of aromatic nitrogens is 3. The molecule has 0 amide bonds. The molecule has 24 heavy (non-hydrogen) atoms. The summed E-state index contributed by atoms with van der Waals surface area (Å²) in [6.07, 6.45) is 0. The predicted molar refractivity (Wildman–Crippen MR) is 101 cm³/mol. The third-order valence-corrected chi connectivity index (χ3v) is 5.07. The van der Waals surface area contributed by atoms with Crippen molar-refractivity contribution < 1.29 is 4.74 Å². The van der Waals surface area contributed by atoms with Crippen LogP contribution in [0.5, 0.6) is 5.75 Å². The fourth-order valence-electron chi connectivity index (χ4n) is 2.51. The zero-order chi connectivity index (χ0) is 16.9. The molecule has 1 heterocycles. The van der Waals surface area contributed by atoms with Crippen LogP contribution < -0.4 is 4.74 Å². The van der Waals surface area contributed by atoms with E-state index in [1.54, 1.807) is 7.11 Å². The van der Waals surface area contributed by atoms with Crippen molar-refractivity contribution >= 4 is 24.0 Å². The lowest BCUT2D eigenvalue weighted by Gasteiger charge is -2.11. The lowest BCUT2D eigenvalue weighted by Crippen LogP contribution is -2.03. The van der Waals surface area contributed by atoms with Gasteiger partial charge in [-0.25, -0.2) is 0 Å². The second-order valence-corrected chi connectivity index (χ2v) is 6.74. The van der Waals surface area contributed by atoms with E-state index in [-0.39, 0.29) is 0 Å². The highest BCUT2D eigenvalue weighted by Gasteiger charge is 2.12. The molecule has 0 aliphatic carbocycles. The fraction of sp³-hybridized carbons (Fsp3) is 0.222. The van der Waals surface area contributed by atoms with Crippen molar-refractivity contribution in [2.75, 3.05) is 7.11 Å². The van der Waals surface area contributed by atoms with Crippen molar-refractivity contribution in [1.82, 2.24) is 14.8 Å². The summed E-state index contributed by atoms with van der Waals surface area (Å²) in [7, 11) is 1.66. The Balaban J connectivity index is 1.81. The molecule has 3 rings (SSSR count). The summed E-state index contributed by atoms with van der Waals surface area (Å²) in [4.78, 5) is 0. The minimum absolute atomic E-state index is 0.575. The maximum Gasteiger partial charge on any atom is 0.200 e. The van der Waals surface area contributed by atoms with Crippen LogP contribution in [0.4, 0.5) is 0 Å². The Morgan fingerprint density at radius 2 is 1.88 bits per heavy atom. The highest BCUT2D eigenvalue weighted by Crippen LogP contribution is 2.26. The molecule has 0 spiro atoms. The minimum Gasteiger partial charge on any atom is -0.495 e. The number of aromatic amines is 1. The SMILES string of the molecule is COc1ccccc1-n1c(CSCc2ccccc2C)n[nH]c1=S. The van der Waals surface area contributed by atoms with Crippen molar-refractivity contribution in [1.29, 1.82) is 0 Å². The van der Waals surface area contributed by atoms with Gasteiger partial charge in [-0.2, -0.15) is 5.10 Å². The second-order valence-electron chi connectivity index (χ2n) is 5.37. The van der Waals surface area contributed by atoms with Crippen LogP contribution in [-0.4, -0.2) is 21.9 Å². The molecule has 0 saturated heterocycles. The number of thioether (sulfide) groups is 1. The molecule has 2 aromatic carbocycles. The Hall–Kier alpha value is -2.05. The Morgan fingerprint density at radius 3 is 2.67 bits per heavy atom. The number of rotatable bonds is 6. The maximum absolute atomic E-state index is 5.45. The van der Waals surface area contributed by atoms with Crippen LogP contribution in [-0.2, 0) is 11.5 Å². The Labute approximate surface area is 150 Å². The van der Waals surface area contributed by atoms with Gasteiger partial charge in [0.05, 0.1) is 18.6 Å². The fourth-order valence-corrected chi connectivity index (χ4v) is 3.79. The van der Waals surface area contributed by atoms with E-state index in [2.05, 4.69) is 41.4 Å². The predicted octanol–water partition coefficient (Wildman–Crippen LogP) is 4.68. The molecule has 124 valence electrons. The van der Waals surface area contributed by atoms with E-state index in [9.17, 15) is 0 Å². The third-order valence-electron chi connectivity index (χ3n) is 3.82. The van der Waals surface area contributed by atoms with Crippen LogP contribution in [0.25, 0.3) is 5.69 Å². The smallest absolute Gasteiger partial charge is 0.200 e. The molecule has 1 aromatic heterocycles. The molecule has 6 heteroatoms. The van der Waals surface area contributed by atoms with Gasteiger partial charge in [-0.15, -0.1) is 11.8 Å². The highest BCUT2D eigenvalue weighted by atomic mass is 32.2. The van der Waals surface area contributed by atoms with Crippen molar-refractivity contribution in [3.8, 4) is 11.4 Å². The van der Waals surface area contributed by atoms with E-state index in [0.29, 0.717) is 4.77 Å². The summed E-state index contributed by atoms with van der Waals surface area (Å²) >= 11 is 7.23. The average molecular weight is 358 g/mol. The van der Waals surface area contributed by atoms with Crippen LogP contribution in [0.15, 0.2) is 48.5 Å². The van der Waals surface area contributed by atoms with Gasteiger partial charge in [-0.3, -0.25) is 9.67 Å². The Bertz CT molecular complexity index is 886. The van der Waals surface area contributed by atoms with Gasteiger partial charge in [0.1, 0.15) is 11.6 Å². The van der Waals surface area contributed by atoms with Gasteiger partial charge in [-0.05, 0) is 42.4 Å². The zero-order valence-corrected chi connectivity index (χ0v) is 15.3. The Morgan fingerprint density at radius 1 is 1.12 bits per heavy atom. The number of ether oxygens (including phenoxy) is 1. The van der Waals surface area contributed by atoms with E-state index >= 15 is 0 Å². The minimum atomic E-state index is 0.575. The van der Waals surface area contributed by atoms with E-state index < -0.39 is 0 Å². The van der Waals surface area contributed by atoms with Crippen molar-refractivity contribution in [3.05, 3.63) is 70.3 Å². The standard InChI is InChI=1S/C18H19N3OS2/c1-13-7-3-4-8-14(13)11-24-12-17-19-20-18(23)21(17)15-9-5-6-10-16(15)22-2/h3-10H,11-12H2,1-2H3,(H,20,23). The van der Waals surface area contributed by atoms with Gasteiger partial charge in [-0.1, -0.05) is 36.4 Å². The highest BCUT2D eigenvalue weighted by molar-refractivity contribution is 7.97. The molecular formula is C18H19N3OS2. The molecular weight excluding hydrogens is 338 g/mol. The number of methoxy groups -OCH3 is 1. The quantitative estimate of drug-likeness (QED) is 0.651. The summed E-state index contributed by atoms with van der Waals surface area (Å²) in [5.74, 6) is 3.38. The number of hydrogen-bond donors (Lipinski definition) is 1. The summed E-state index contributed by atoms with van der Waals surface area (Å²) in [6.45, 7) is 2.14. The first kappa shape index (κ1) is 16.8. The molecule has 0 aliphatic rings. The number of nitrogens with zero attached hydrogens (tertiary/aromatic N) is 2. The van der Waals surface area contributed by atoms with Crippen LogP contribution in [0, 0.1) is 11.7 Å². The summed E-state index contributed by atoms with van der Waals surface area (Å²) in [6, 6.07) is 16.3. The van der Waals surface area contributed by atoms with Crippen LogP contribution in [0.2, 0.25) is 0 Å². The van der Waals surface area contributed by atoms with E-state index in [1.807, 2.05) is 40.6 Å². The normalized spacial score (nSPS) is 10.8. The van der Waals surface area contributed by atoms with Gasteiger partial charge in [0.15, 0.2) is 4.77 Å². The molecule has 1 N–H and O–H groups in total. The number of aryl methyl sites for hydroxylation is 1. The lowest BCUT2D eigenvalue weighted by atomic mass is 10.1. The summed E-state index contributed by atoms with van der Waals surface area (Å²) in [5, 5.41) is 7.28. The number of benzene rings is 2. The van der Waals surface area contributed by atoms with Crippen molar-refractivity contribution in [3.63, 3.8) is 0 Å². The summed E-state index contributed by atoms with van der Waals surface area (Å²) < 4.78 is 7.97.